The molecule has 2 aliphatic rings. The second kappa shape index (κ2) is 52.9. The van der Waals surface area contributed by atoms with Crippen LogP contribution in [-0.4, -0.2) is 157 Å². The van der Waals surface area contributed by atoms with Crippen LogP contribution in [0.2, 0.25) is 0 Å². The van der Waals surface area contributed by atoms with Crippen LogP contribution in [0.15, 0.2) is 0 Å². The van der Waals surface area contributed by atoms with E-state index >= 15 is 0 Å². The molecule has 0 radical (unpaired) electrons. The first-order chi connectivity index (χ1) is 43.4. The molecule has 0 spiro atoms. The largest absolute Gasteiger partial charge is 0.470 e. The highest BCUT2D eigenvalue weighted by atomic mass is 31.2. The standard InChI is InChI=1S/C68H129N2O19P/c1-5-9-13-17-21-25-26-30-34-38-42-46-59(76)85-54(45-41-37-33-29-24-20-16-12-8-4)49-58(75)70-62-66(88-60(77)48-53(73)44-40-36-32-28-23-19-15-11-7-3)65(89-90(81,82)83)55(50-71)87-68(62)84-51-56-63(78)64(79)61(67(80)86-56)69-57(74)47-52(72)43-39-35-31-27-22-18-14-10-6-2/h52-56,61-68,71-73,78-80H,5-51H2,1-4H3,(H,69,74)(H,70,75)(H2,81,82,83)/t52-,53+,54+,55+,56+,61+,62+,63+,64+,65+,66+,67-,68+/m0/s1. The van der Waals surface area contributed by atoms with Crippen LogP contribution < -0.4 is 10.6 Å². The number of ether oxygens (including phenoxy) is 5. The van der Waals surface area contributed by atoms with Gasteiger partial charge in [0.05, 0.1) is 44.7 Å². The number of hydrogen-bond donors (Lipinski definition) is 10. The average molecular weight is 1310 g/mol. The molecule has 90 heavy (non-hydrogen) atoms. The zero-order valence-corrected chi connectivity index (χ0v) is 57.1. The topological polar surface area (TPSA) is 327 Å². The van der Waals surface area contributed by atoms with Crippen LogP contribution in [0.4, 0.5) is 0 Å². The molecule has 0 aromatic carbocycles. The summed E-state index contributed by atoms with van der Waals surface area (Å²) in [5.74, 6) is -2.98. The smallest absolute Gasteiger partial charge is 0.462 e. The van der Waals surface area contributed by atoms with Gasteiger partial charge in [0.25, 0.3) is 0 Å². The summed E-state index contributed by atoms with van der Waals surface area (Å²) in [6.07, 6.45) is 22.7. The van der Waals surface area contributed by atoms with Crippen molar-refractivity contribution in [1.29, 1.82) is 0 Å². The molecule has 2 saturated heterocycles. The van der Waals surface area contributed by atoms with E-state index < -0.39 is 137 Å². The highest BCUT2D eigenvalue weighted by molar-refractivity contribution is 7.46. The molecule has 530 valence electrons. The van der Waals surface area contributed by atoms with Gasteiger partial charge in [0.15, 0.2) is 18.7 Å². The fraction of sp³-hybridized carbons (Fsp3) is 0.941. The Morgan fingerprint density at radius 2 is 0.867 bits per heavy atom. The van der Waals surface area contributed by atoms with E-state index in [4.69, 9.17) is 28.2 Å². The first-order valence-corrected chi connectivity index (χ1v) is 37.6. The number of hydrogen-bond acceptors (Lipinski definition) is 17. The summed E-state index contributed by atoms with van der Waals surface area (Å²) in [6.45, 7) is 7.00. The van der Waals surface area contributed by atoms with Crippen molar-refractivity contribution in [2.24, 2.45) is 0 Å². The lowest BCUT2D eigenvalue weighted by Crippen LogP contribution is -2.67. The number of rotatable bonds is 58. The molecule has 2 amide bonds. The third-order valence-corrected chi connectivity index (χ3v) is 18.1. The number of phosphoric acid groups is 1. The van der Waals surface area contributed by atoms with E-state index in [0.29, 0.717) is 38.5 Å². The highest BCUT2D eigenvalue weighted by Gasteiger charge is 2.53. The van der Waals surface area contributed by atoms with Crippen molar-refractivity contribution >= 4 is 31.6 Å². The number of phosphoric ester groups is 1. The van der Waals surface area contributed by atoms with Crippen molar-refractivity contribution in [1.82, 2.24) is 10.6 Å². The summed E-state index contributed by atoms with van der Waals surface area (Å²) >= 11 is 0. The second-order valence-electron chi connectivity index (χ2n) is 26.0. The maximum absolute atomic E-state index is 14.5. The zero-order chi connectivity index (χ0) is 66.2. The lowest BCUT2D eigenvalue weighted by Gasteiger charge is -2.46. The molecule has 10 N–H and O–H groups in total. The SMILES string of the molecule is CCCCCCCCCCCCCC(=O)O[C@H](CCCCCCCCCCC)CC(=O)N[C@H]1[C@H](OC[C@H]2O[C@H](O)[C@H](NC(=O)C[C@@H](O)CCCCCCCCCCC)[C@@H](O)[C@@H]2O)O[C@H](CO)[C@@H](OP(=O)(O)O)[C@@H]1OC(=O)C[C@H](O)CCCCCCCCCCC. The number of nitrogens with one attached hydrogen (secondary N) is 2. The summed E-state index contributed by atoms with van der Waals surface area (Å²) in [7, 11) is -5.49. The lowest BCUT2D eigenvalue weighted by atomic mass is 9.95. The van der Waals surface area contributed by atoms with Crippen molar-refractivity contribution in [3.63, 3.8) is 0 Å². The van der Waals surface area contributed by atoms with E-state index in [1.54, 1.807) is 0 Å². The maximum Gasteiger partial charge on any atom is 0.470 e. The Labute approximate surface area is 542 Å². The van der Waals surface area contributed by atoms with Crippen LogP contribution in [0, 0.1) is 0 Å². The Kier molecular flexibility index (Phi) is 49.2. The van der Waals surface area contributed by atoms with Gasteiger partial charge >= 0.3 is 19.8 Å². The maximum atomic E-state index is 14.5. The van der Waals surface area contributed by atoms with Gasteiger partial charge in [-0.1, -0.05) is 259 Å². The van der Waals surface area contributed by atoms with Gasteiger partial charge in [-0.05, 0) is 32.1 Å². The zero-order valence-electron chi connectivity index (χ0n) is 56.3. The number of aliphatic hydroxyl groups is 6. The summed E-state index contributed by atoms with van der Waals surface area (Å²) in [4.78, 5) is 75.4. The van der Waals surface area contributed by atoms with Crippen molar-refractivity contribution in [3.8, 4) is 0 Å². The Morgan fingerprint density at radius 3 is 1.31 bits per heavy atom. The van der Waals surface area contributed by atoms with E-state index in [9.17, 15) is 64.2 Å². The monoisotopic (exact) mass is 1310 g/mol. The Morgan fingerprint density at radius 1 is 0.467 bits per heavy atom. The molecule has 2 rings (SSSR count). The third-order valence-electron chi connectivity index (χ3n) is 17.6. The normalized spacial score (nSPS) is 23.1. The summed E-state index contributed by atoms with van der Waals surface area (Å²) in [5.41, 5.74) is 0. The van der Waals surface area contributed by atoms with Crippen LogP contribution in [-0.2, 0) is 52.0 Å². The molecule has 13 atom stereocenters. The number of carbonyl (C=O) groups excluding carboxylic acids is 4. The number of esters is 2. The van der Waals surface area contributed by atoms with E-state index in [0.717, 1.165) is 128 Å². The van der Waals surface area contributed by atoms with Gasteiger partial charge in [-0.2, -0.15) is 0 Å². The third kappa shape index (κ3) is 40.1. The number of aliphatic hydroxyl groups excluding tert-OH is 6. The minimum Gasteiger partial charge on any atom is -0.462 e. The molecule has 2 fully saturated rings. The quantitative estimate of drug-likeness (QED) is 0.0154. The van der Waals surface area contributed by atoms with Gasteiger partial charge in [0.2, 0.25) is 11.8 Å². The van der Waals surface area contributed by atoms with Crippen LogP contribution in [0.5, 0.6) is 0 Å². The first kappa shape index (κ1) is 83.7. The molecule has 0 unspecified atom stereocenters. The highest BCUT2D eigenvalue weighted by Crippen LogP contribution is 2.42. The molecule has 21 nitrogen and oxygen atoms in total. The summed E-state index contributed by atoms with van der Waals surface area (Å²) < 4.78 is 47.6. The van der Waals surface area contributed by atoms with Crippen LogP contribution in [0.25, 0.3) is 0 Å². The molecule has 0 aromatic heterocycles. The molecule has 0 aromatic rings. The molecular weight excluding hydrogens is 1180 g/mol. The molecular formula is C68H129N2O19P. The van der Waals surface area contributed by atoms with Crippen molar-refractivity contribution in [2.45, 2.75) is 396 Å². The van der Waals surface area contributed by atoms with Crippen molar-refractivity contribution in [3.05, 3.63) is 0 Å². The first-order valence-electron chi connectivity index (χ1n) is 36.0. The van der Waals surface area contributed by atoms with Crippen molar-refractivity contribution < 1.29 is 92.4 Å². The van der Waals surface area contributed by atoms with Gasteiger partial charge in [-0.15, -0.1) is 0 Å². The van der Waals surface area contributed by atoms with Gasteiger partial charge < -0.3 is 74.7 Å². The average Bonchev–Trinajstić information content (AvgIpc) is 0.885. The van der Waals surface area contributed by atoms with Crippen LogP contribution in [0.1, 0.15) is 317 Å². The molecule has 0 bridgehead atoms. The van der Waals surface area contributed by atoms with Gasteiger partial charge in [-0.25, -0.2) is 4.57 Å². The summed E-state index contributed by atoms with van der Waals surface area (Å²) in [5, 5.41) is 71.4. The minimum atomic E-state index is -5.49. The Bertz CT molecular complexity index is 1850. The summed E-state index contributed by atoms with van der Waals surface area (Å²) in [6, 6.07) is -3.26. The van der Waals surface area contributed by atoms with Crippen LogP contribution in [0.3, 0.4) is 0 Å². The van der Waals surface area contributed by atoms with Crippen LogP contribution >= 0.6 is 7.82 Å². The van der Waals surface area contributed by atoms with Gasteiger partial charge in [0, 0.05) is 6.42 Å². The van der Waals surface area contributed by atoms with E-state index in [1.165, 1.54) is 89.9 Å². The molecule has 0 aliphatic carbocycles. The molecule has 2 heterocycles. The number of carbonyl (C=O) groups is 4. The predicted molar refractivity (Wildman–Crippen MR) is 348 cm³/mol. The second-order valence-corrected chi connectivity index (χ2v) is 27.2. The molecule has 22 heteroatoms. The fourth-order valence-corrected chi connectivity index (χ4v) is 12.7. The van der Waals surface area contributed by atoms with Crippen molar-refractivity contribution in [2.75, 3.05) is 13.2 Å². The Hall–Kier alpha value is -2.37. The fourth-order valence-electron chi connectivity index (χ4n) is 12.2. The molecule has 0 saturated carbocycles. The van der Waals surface area contributed by atoms with E-state index in [2.05, 4.69) is 38.3 Å². The molecule has 2 aliphatic heterocycles. The van der Waals surface area contributed by atoms with Gasteiger partial charge in [0.1, 0.15) is 48.7 Å². The van der Waals surface area contributed by atoms with Gasteiger partial charge in [-0.3, -0.25) is 23.7 Å². The van der Waals surface area contributed by atoms with E-state index in [1.807, 2.05) is 0 Å². The van der Waals surface area contributed by atoms with E-state index in [-0.39, 0.29) is 19.3 Å². The number of amides is 2. The lowest BCUT2D eigenvalue weighted by molar-refractivity contribution is -0.297. The predicted octanol–water partition coefficient (Wildman–Crippen LogP) is 11.8. The number of unbranched alkanes of at least 4 members (excludes halogenated alkanes) is 34. The minimum absolute atomic E-state index is 0.153. The Balaban J connectivity index is 2.36.